The minimum atomic E-state index is -0.0782. The van der Waals surface area contributed by atoms with Gasteiger partial charge in [0.15, 0.2) is 5.16 Å². The largest absolute Gasteiger partial charge is 0.351 e. The standard InChI is InChI=1S/C23H25N3O2S2/c1-15(2)13-26-22(28)20-17-10-6-7-11-18(17)30-21(20)25-23(26)29-14-19(27)24-12-16-8-4-3-5-9-16/h3-5,8-9H,1,6-7,10-14H2,2H3,(H,24,27). The molecule has 0 unspecified atom stereocenters. The number of thiophene rings is 1. The van der Waals surface area contributed by atoms with Gasteiger partial charge < -0.3 is 5.32 Å². The summed E-state index contributed by atoms with van der Waals surface area (Å²) in [6.45, 7) is 6.78. The zero-order valence-corrected chi connectivity index (χ0v) is 18.7. The molecule has 0 spiro atoms. The highest BCUT2D eigenvalue weighted by Gasteiger charge is 2.22. The lowest BCUT2D eigenvalue weighted by Gasteiger charge is -2.13. The van der Waals surface area contributed by atoms with Gasteiger partial charge in [-0.25, -0.2) is 4.98 Å². The van der Waals surface area contributed by atoms with Crippen LogP contribution in [0.15, 0.2) is 52.4 Å². The summed E-state index contributed by atoms with van der Waals surface area (Å²) in [4.78, 5) is 32.6. The van der Waals surface area contributed by atoms with E-state index in [1.165, 1.54) is 28.6 Å². The topological polar surface area (TPSA) is 64.0 Å². The molecule has 1 aromatic carbocycles. The molecule has 5 nitrogen and oxygen atoms in total. The van der Waals surface area contributed by atoms with E-state index >= 15 is 0 Å². The first-order valence-electron chi connectivity index (χ1n) is 10.2. The van der Waals surface area contributed by atoms with Crippen molar-refractivity contribution in [1.82, 2.24) is 14.9 Å². The van der Waals surface area contributed by atoms with Gasteiger partial charge in [0, 0.05) is 18.0 Å². The first kappa shape index (κ1) is 20.9. The molecule has 156 valence electrons. The summed E-state index contributed by atoms with van der Waals surface area (Å²) < 4.78 is 1.68. The lowest BCUT2D eigenvalue weighted by atomic mass is 9.97. The van der Waals surface area contributed by atoms with Gasteiger partial charge in [0.1, 0.15) is 4.83 Å². The van der Waals surface area contributed by atoms with Gasteiger partial charge in [0.2, 0.25) is 5.91 Å². The van der Waals surface area contributed by atoms with E-state index in [0.717, 1.165) is 40.6 Å². The maximum absolute atomic E-state index is 13.3. The van der Waals surface area contributed by atoms with E-state index in [2.05, 4.69) is 11.9 Å². The number of aromatic nitrogens is 2. The van der Waals surface area contributed by atoms with E-state index in [4.69, 9.17) is 4.98 Å². The second-order valence-corrected chi connectivity index (χ2v) is 9.71. The number of hydrogen-bond donors (Lipinski definition) is 1. The Morgan fingerprint density at radius 2 is 2.03 bits per heavy atom. The predicted molar refractivity (Wildman–Crippen MR) is 124 cm³/mol. The van der Waals surface area contributed by atoms with Crippen LogP contribution in [0.4, 0.5) is 0 Å². The number of carbonyl (C=O) groups excluding carboxylic acids is 1. The Bertz CT molecular complexity index is 1150. The van der Waals surface area contributed by atoms with Crippen LogP contribution in [0.25, 0.3) is 10.2 Å². The molecule has 1 aliphatic carbocycles. The van der Waals surface area contributed by atoms with Crippen LogP contribution in [0.1, 0.15) is 35.8 Å². The van der Waals surface area contributed by atoms with Gasteiger partial charge in [-0.3, -0.25) is 14.2 Å². The van der Waals surface area contributed by atoms with E-state index < -0.39 is 0 Å². The fourth-order valence-electron chi connectivity index (χ4n) is 3.72. The summed E-state index contributed by atoms with van der Waals surface area (Å²) >= 11 is 2.95. The van der Waals surface area contributed by atoms with Gasteiger partial charge in [-0.05, 0) is 43.7 Å². The van der Waals surface area contributed by atoms with Crippen molar-refractivity contribution >= 4 is 39.2 Å². The Balaban J connectivity index is 1.57. The first-order chi connectivity index (χ1) is 14.5. The summed E-state index contributed by atoms with van der Waals surface area (Å²) in [5.74, 6) is 0.136. The monoisotopic (exact) mass is 439 g/mol. The zero-order valence-electron chi connectivity index (χ0n) is 17.1. The van der Waals surface area contributed by atoms with Crippen molar-refractivity contribution in [2.75, 3.05) is 5.75 Å². The molecule has 0 aliphatic heterocycles. The smallest absolute Gasteiger partial charge is 0.263 e. The van der Waals surface area contributed by atoms with Crippen molar-refractivity contribution in [2.24, 2.45) is 0 Å². The van der Waals surface area contributed by atoms with Crippen molar-refractivity contribution in [3.63, 3.8) is 0 Å². The van der Waals surface area contributed by atoms with E-state index in [0.29, 0.717) is 18.2 Å². The molecule has 0 radical (unpaired) electrons. The number of allylic oxidation sites excluding steroid dienone is 1. The molecule has 3 aromatic rings. The Morgan fingerprint density at radius 3 is 2.80 bits per heavy atom. The Hall–Kier alpha value is -2.38. The minimum Gasteiger partial charge on any atom is -0.351 e. The number of fused-ring (bicyclic) bond motifs is 3. The van der Waals surface area contributed by atoms with Gasteiger partial charge in [-0.2, -0.15) is 0 Å². The third kappa shape index (κ3) is 4.52. The van der Waals surface area contributed by atoms with Crippen LogP contribution in [-0.4, -0.2) is 21.2 Å². The fourth-order valence-corrected chi connectivity index (χ4v) is 5.85. The van der Waals surface area contributed by atoms with Gasteiger partial charge in [0.25, 0.3) is 5.56 Å². The average Bonchev–Trinajstić information content (AvgIpc) is 3.12. The third-order valence-corrected chi connectivity index (χ3v) is 7.29. The number of amides is 1. The lowest BCUT2D eigenvalue weighted by molar-refractivity contribution is -0.118. The molecule has 1 N–H and O–H groups in total. The maximum atomic E-state index is 13.3. The quantitative estimate of drug-likeness (QED) is 0.338. The van der Waals surface area contributed by atoms with E-state index in [1.807, 2.05) is 37.3 Å². The molecule has 2 aromatic heterocycles. The first-order valence-corrected chi connectivity index (χ1v) is 12.0. The second kappa shape index (κ2) is 9.18. The zero-order chi connectivity index (χ0) is 21.1. The number of hydrogen-bond acceptors (Lipinski definition) is 5. The number of benzene rings is 1. The van der Waals surface area contributed by atoms with Crippen molar-refractivity contribution in [1.29, 1.82) is 0 Å². The van der Waals surface area contributed by atoms with Gasteiger partial charge in [-0.1, -0.05) is 54.2 Å². The molecule has 0 saturated heterocycles. The number of nitrogens with zero attached hydrogens (tertiary/aromatic N) is 2. The lowest BCUT2D eigenvalue weighted by Crippen LogP contribution is -2.27. The SMILES string of the molecule is C=C(C)Cn1c(SCC(=O)NCc2ccccc2)nc2sc3c(c2c1=O)CCCC3. The van der Waals surface area contributed by atoms with Gasteiger partial charge in [0.05, 0.1) is 11.1 Å². The van der Waals surface area contributed by atoms with Crippen LogP contribution in [0.3, 0.4) is 0 Å². The highest BCUT2D eigenvalue weighted by molar-refractivity contribution is 7.99. The Kier molecular flexibility index (Phi) is 6.39. The summed E-state index contributed by atoms with van der Waals surface area (Å²) in [6, 6.07) is 9.81. The van der Waals surface area contributed by atoms with E-state index in [1.54, 1.807) is 15.9 Å². The van der Waals surface area contributed by atoms with Crippen LogP contribution >= 0.6 is 23.1 Å². The van der Waals surface area contributed by atoms with E-state index in [9.17, 15) is 9.59 Å². The van der Waals surface area contributed by atoms with Crippen LogP contribution in [0, 0.1) is 0 Å². The molecule has 0 atom stereocenters. The van der Waals surface area contributed by atoms with Crippen LogP contribution < -0.4 is 10.9 Å². The van der Waals surface area contributed by atoms with E-state index in [-0.39, 0.29) is 17.2 Å². The number of rotatable bonds is 7. The molecule has 0 saturated carbocycles. The highest BCUT2D eigenvalue weighted by atomic mass is 32.2. The number of carbonyl (C=O) groups is 1. The highest BCUT2D eigenvalue weighted by Crippen LogP contribution is 2.34. The molecule has 30 heavy (non-hydrogen) atoms. The molecule has 0 bridgehead atoms. The molecule has 4 rings (SSSR count). The molecular weight excluding hydrogens is 414 g/mol. The van der Waals surface area contributed by atoms with Crippen molar-refractivity contribution < 1.29 is 4.79 Å². The van der Waals surface area contributed by atoms with Gasteiger partial charge >= 0.3 is 0 Å². The summed E-state index contributed by atoms with van der Waals surface area (Å²) in [7, 11) is 0. The van der Waals surface area contributed by atoms with Crippen molar-refractivity contribution in [3.05, 3.63) is 68.8 Å². The normalized spacial score (nSPS) is 13.2. The van der Waals surface area contributed by atoms with Gasteiger partial charge in [-0.15, -0.1) is 11.3 Å². The number of thioether (sulfide) groups is 1. The fraction of sp³-hybridized carbons (Fsp3) is 0.348. The summed E-state index contributed by atoms with van der Waals surface area (Å²) in [5, 5.41) is 4.29. The van der Waals surface area contributed by atoms with Crippen molar-refractivity contribution in [3.8, 4) is 0 Å². The van der Waals surface area contributed by atoms with Crippen LogP contribution in [0.2, 0.25) is 0 Å². The Morgan fingerprint density at radius 1 is 1.27 bits per heavy atom. The third-order valence-electron chi connectivity index (χ3n) is 5.13. The molecule has 0 fully saturated rings. The molecule has 2 heterocycles. The van der Waals surface area contributed by atoms with Crippen LogP contribution in [0.5, 0.6) is 0 Å². The van der Waals surface area contributed by atoms with Crippen molar-refractivity contribution in [2.45, 2.75) is 50.9 Å². The molecular formula is C23H25N3O2S2. The predicted octanol–water partition coefficient (Wildman–Crippen LogP) is 4.32. The molecule has 1 amide bonds. The summed E-state index contributed by atoms with van der Waals surface area (Å²) in [6.07, 6.45) is 4.27. The average molecular weight is 440 g/mol. The van der Waals surface area contributed by atoms with Crippen LogP contribution in [-0.2, 0) is 30.7 Å². The maximum Gasteiger partial charge on any atom is 0.263 e. The Labute approximate surface area is 184 Å². The second-order valence-electron chi connectivity index (χ2n) is 7.68. The minimum absolute atomic E-state index is 0.00501. The number of nitrogens with one attached hydrogen (secondary N) is 1. The molecule has 7 heteroatoms. The summed E-state index contributed by atoms with van der Waals surface area (Å²) in [5.41, 5.74) is 3.12. The number of aryl methyl sites for hydroxylation is 2. The molecule has 1 aliphatic rings.